The van der Waals surface area contributed by atoms with Crippen molar-refractivity contribution >= 4 is 33.6 Å². The molecule has 1 aliphatic carbocycles. The Bertz CT molecular complexity index is 1490. The Balaban J connectivity index is 1.32. The van der Waals surface area contributed by atoms with E-state index in [0.29, 0.717) is 36.0 Å². The van der Waals surface area contributed by atoms with Crippen molar-refractivity contribution < 1.29 is 23.7 Å². The van der Waals surface area contributed by atoms with E-state index < -0.39 is 35.7 Å². The third-order valence-corrected chi connectivity index (χ3v) is 7.31. The number of anilines is 2. The number of nitrogen functional groups attached to an aromatic ring is 2. The lowest BCUT2D eigenvalue weighted by Crippen LogP contribution is -2.45. The molecule has 3 aromatic heterocycles. The van der Waals surface area contributed by atoms with Crippen molar-refractivity contribution in [2.24, 2.45) is 5.92 Å². The first-order valence-electron chi connectivity index (χ1n) is 11.4. The van der Waals surface area contributed by atoms with Crippen LogP contribution in [0.15, 0.2) is 30.5 Å². The smallest absolute Gasteiger partial charge is 0.165 e. The highest BCUT2D eigenvalue weighted by molar-refractivity contribution is 5.87. The number of aliphatic hydroxyl groups excluding tert-OH is 1. The summed E-state index contributed by atoms with van der Waals surface area (Å²) in [5, 5.41) is 23.2. The first-order valence-corrected chi connectivity index (χ1v) is 11.4. The molecule has 1 saturated carbocycles. The van der Waals surface area contributed by atoms with Gasteiger partial charge in [-0.3, -0.25) is 0 Å². The Kier molecular flexibility index (Phi) is 4.76. The van der Waals surface area contributed by atoms with E-state index in [1.807, 2.05) is 12.1 Å². The lowest BCUT2D eigenvalue weighted by Gasteiger charge is -2.26. The maximum absolute atomic E-state index is 14.7. The minimum Gasteiger partial charge on any atom is -0.385 e. The van der Waals surface area contributed by atoms with Gasteiger partial charge in [-0.15, -0.1) is 0 Å². The predicted molar refractivity (Wildman–Crippen MR) is 124 cm³/mol. The van der Waals surface area contributed by atoms with Gasteiger partial charge < -0.3 is 31.0 Å². The first kappa shape index (κ1) is 22.1. The van der Waals surface area contributed by atoms with E-state index in [1.54, 1.807) is 13.0 Å². The molecule has 6 N–H and O–H groups in total. The Morgan fingerprint density at radius 3 is 2.74 bits per heavy atom. The second kappa shape index (κ2) is 7.54. The van der Waals surface area contributed by atoms with Gasteiger partial charge in [-0.05, 0) is 49.8 Å². The maximum Gasteiger partial charge on any atom is 0.165 e. The summed E-state index contributed by atoms with van der Waals surface area (Å²) in [4.78, 5) is 12.4. The SMILES string of the molecule is Cc1nc(N)c2c(F)cn([C@@H]3O[C@@H]4[C@H](Cc5ccc6cc(F)c(N)nc6c5)CC[C@]4(O)C3O)c2n1. The zero-order valence-corrected chi connectivity index (χ0v) is 18.8. The van der Waals surface area contributed by atoms with Crippen LogP contribution >= 0.6 is 0 Å². The maximum atomic E-state index is 14.7. The van der Waals surface area contributed by atoms with Crippen molar-refractivity contribution in [2.75, 3.05) is 11.5 Å². The lowest BCUT2D eigenvalue weighted by atomic mass is 9.90. The van der Waals surface area contributed by atoms with Crippen LogP contribution in [0.5, 0.6) is 0 Å². The molecule has 6 rings (SSSR count). The molecular weight excluding hydrogens is 458 g/mol. The van der Waals surface area contributed by atoms with E-state index in [4.69, 9.17) is 16.2 Å². The van der Waals surface area contributed by atoms with Gasteiger partial charge in [0, 0.05) is 11.6 Å². The van der Waals surface area contributed by atoms with Gasteiger partial charge in [-0.1, -0.05) is 12.1 Å². The minimum atomic E-state index is -1.50. The molecule has 9 nitrogen and oxygen atoms in total. The molecule has 0 radical (unpaired) electrons. The van der Waals surface area contributed by atoms with Crippen molar-refractivity contribution in [1.82, 2.24) is 19.5 Å². The van der Waals surface area contributed by atoms with Crippen LogP contribution in [0, 0.1) is 24.5 Å². The van der Waals surface area contributed by atoms with E-state index in [0.717, 1.165) is 5.56 Å². The number of pyridine rings is 1. The lowest BCUT2D eigenvalue weighted by molar-refractivity contribution is -0.0675. The fraction of sp³-hybridized carbons (Fsp3) is 0.375. The van der Waals surface area contributed by atoms with Crippen LogP contribution in [0.2, 0.25) is 0 Å². The molecule has 0 spiro atoms. The van der Waals surface area contributed by atoms with Crippen molar-refractivity contribution in [3.63, 3.8) is 0 Å². The van der Waals surface area contributed by atoms with E-state index in [-0.39, 0.29) is 28.6 Å². The third kappa shape index (κ3) is 3.26. The van der Waals surface area contributed by atoms with Gasteiger partial charge in [0.15, 0.2) is 29.3 Å². The Hall–Kier alpha value is -3.41. The first-order chi connectivity index (χ1) is 16.7. The summed E-state index contributed by atoms with van der Waals surface area (Å²) in [6.45, 7) is 1.63. The fourth-order valence-corrected chi connectivity index (χ4v) is 5.63. The second-order valence-electron chi connectivity index (χ2n) is 9.51. The number of aliphatic hydroxyl groups is 2. The fourth-order valence-electron chi connectivity index (χ4n) is 5.63. The van der Waals surface area contributed by atoms with E-state index in [9.17, 15) is 19.0 Å². The van der Waals surface area contributed by atoms with Crippen LogP contribution < -0.4 is 11.5 Å². The summed E-state index contributed by atoms with van der Waals surface area (Å²) in [6.07, 6.45) is -0.388. The molecule has 4 heterocycles. The monoisotopic (exact) mass is 482 g/mol. The zero-order chi connectivity index (χ0) is 24.6. The molecule has 35 heavy (non-hydrogen) atoms. The number of aryl methyl sites for hydroxylation is 1. The third-order valence-electron chi connectivity index (χ3n) is 7.31. The van der Waals surface area contributed by atoms with Gasteiger partial charge >= 0.3 is 0 Å². The predicted octanol–water partition coefficient (Wildman–Crippen LogP) is 2.37. The summed E-state index contributed by atoms with van der Waals surface area (Å²) in [5.74, 6) is -1.14. The summed E-state index contributed by atoms with van der Waals surface area (Å²) in [7, 11) is 0. The van der Waals surface area contributed by atoms with Crippen molar-refractivity contribution in [1.29, 1.82) is 0 Å². The number of hydrogen-bond donors (Lipinski definition) is 4. The van der Waals surface area contributed by atoms with Crippen LogP contribution in [0.25, 0.3) is 21.9 Å². The van der Waals surface area contributed by atoms with Crippen molar-refractivity contribution in [2.45, 2.75) is 50.2 Å². The molecule has 0 bridgehead atoms. The number of halogens is 2. The molecule has 2 aliphatic rings. The van der Waals surface area contributed by atoms with Gasteiger partial charge in [0.05, 0.1) is 17.0 Å². The number of aromatic nitrogens is 4. The highest BCUT2D eigenvalue weighted by Crippen LogP contribution is 2.51. The second-order valence-corrected chi connectivity index (χ2v) is 9.51. The average molecular weight is 482 g/mol. The van der Waals surface area contributed by atoms with Crippen LogP contribution in [0.4, 0.5) is 20.4 Å². The molecule has 1 aliphatic heterocycles. The molecule has 0 amide bonds. The Labute approximate surface area is 198 Å². The normalized spacial score (nSPS) is 28.3. The average Bonchev–Trinajstić information content (AvgIpc) is 3.38. The van der Waals surface area contributed by atoms with Crippen LogP contribution in [-0.2, 0) is 11.2 Å². The van der Waals surface area contributed by atoms with Gasteiger partial charge in [-0.25, -0.2) is 23.7 Å². The molecule has 11 heteroatoms. The zero-order valence-electron chi connectivity index (χ0n) is 18.8. The van der Waals surface area contributed by atoms with E-state index in [2.05, 4.69) is 15.0 Å². The van der Waals surface area contributed by atoms with E-state index in [1.165, 1.54) is 16.8 Å². The quantitative estimate of drug-likeness (QED) is 0.348. The minimum absolute atomic E-state index is 0.00143. The van der Waals surface area contributed by atoms with Gasteiger partial charge in [-0.2, -0.15) is 0 Å². The molecule has 5 atom stereocenters. The molecule has 2 fully saturated rings. The number of hydrogen-bond acceptors (Lipinski definition) is 8. The molecule has 1 aromatic carbocycles. The number of fused-ring (bicyclic) bond motifs is 3. The number of nitrogens with zero attached hydrogens (tertiary/aromatic N) is 4. The van der Waals surface area contributed by atoms with Gasteiger partial charge in [0.1, 0.15) is 23.3 Å². The van der Waals surface area contributed by atoms with Crippen molar-refractivity contribution in [3.05, 3.63) is 53.5 Å². The number of rotatable bonds is 3. The number of ether oxygens (including phenoxy) is 1. The molecule has 1 saturated heterocycles. The summed E-state index contributed by atoms with van der Waals surface area (Å²) in [5.41, 5.74) is 11.7. The standard InChI is InChI=1S/C24H24F2N6O3/c1-10-29-21(28)17-15(26)9-32(22(17)30-10)23-18(33)24(34)5-4-13(19(24)35-23)6-11-2-3-12-8-14(25)20(27)31-16(12)7-11/h2-3,7-9,13,18-19,23,33-34H,4-6H2,1H3,(H2,27,31)(H2,28,29,30)/t13-,18?,19+,23+,24-/m0/s1. The molecule has 4 aromatic rings. The Morgan fingerprint density at radius 1 is 1.14 bits per heavy atom. The summed E-state index contributed by atoms with van der Waals surface area (Å²) >= 11 is 0. The van der Waals surface area contributed by atoms with Crippen LogP contribution in [0.1, 0.15) is 30.5 Å². The molecule has 182 valence electrons. The summed E-state index contributed by atoms with van der Waals surface area (Å²) < 4.78 is 36.0. The van der Waals surface area contributed by atoms with E-state index >= 15 is 0 Å². The van der Waals surface area contributed by atoms with Gasteiger partial charge in [0.2, 0.25) is 0 Å². The highest BCUT2D eigenvalue weighted by Gasteiger charge is 2.61. The van der Waals surface area contributed by atoms with Gasteiger partial charge in [0.25, 0.3) is 0 Å². The highest BCUT2D eigenvalue weighted by atomic mass is 19.1. The summed E-state index contributed by atoms with van der Waals surface area (Å²) in [6, 6.07) is 6.82. The largest absolute Gasteiger partial charge is 0.385 e. The molecule has 1 unspecified atom stereocenters. The number of benzene rings is 1. The Morgan fingerprint density at radius 2 is 1.94 bits per heavy atom. The van der Waals surface area contributed by atoms with Crippen LogP contribution in [0.3, 0.4) is 0 Å². The van der Waals surface area contributed by atoms with Crippen LogP contribution in [-0.4, -0.2) is 47.5 Å². The number of nitrogens with two attached hydrogens (primary N) is 2. The topological polar surface area (TPSA) is 145 Å². The van der Waals surface area contributed by atoms with Crippen molar-refractivity contribution in [3.8, 4) is 0 Å². The molecular formula is C24H24F2N6O3.